The highest BCUT2D eigenvalue weighted by Crippen LogP contribution is 2.20. The van der Waals surface area contributed by atoms with Crippen molar-refractivity contribution in [1.29, 1.82) is 0 Å². The number of nitrogens with zero attached hydrogens (tertiary/aromatic N) is 1. The van der Waals surface area contributed by atoms with Gasteiger partial charge in [-0.15, -0.1) is 0 Å². The van der Waals surface area contributed by atoms with Crippen LogP contribution in [0.4, 0.5) is 5.69 Å². The maximum Gasteiger partial charge on any atom is 0.251 e. The molecule has 1 saturated heterocycles. The van der Waals surface area contributed by atoms with E-state index >= 15 is 0 Å². The summed E-state index contributed by atoms with van der Waals surface area (Å²) in [5.41, 5.74) is 2.20. The number of carbonyl (C=O) groups is 1. The Balaban J connectivity index is 1.55. The van der Waals surface area contributed by atoms with Gasteiger partial charge in [0.1, 0.15) is 5.75 Å². The highest BCUT2D eigenvalue weighted by atomic mass is 16.5. The second-order valence-corrected chi connectivity index (χ2v) is 5.97. The molecule has 0 aliphatic carbocycles. The summed E-state index contributed by atoms with van der Waals surface area (Å²) in [6, 6.07) is 13.8. The first-order valence-electron chi connectivity index (χ1n) is 8.31. The molecule has 1 heterocycles. The van der Waals surface area contributed by atoms with Crippen LogP contribution in [0, 0.1) is 0 Å². The fourth-order valence-corrected chi connectivity index (χ4v) is 2.79. The molecule has 2 aromatic carbocycles. The maximum absolute atomic E-state index is 12.0. The normalized spacial score (nSPS) is 15.6. The van der Waals surface area contributed by atoms with E-state index in [1.165, 1.54) is 12.1 Å². The van der Waals surface area contributed by atoms with Crippen LogP contribution in [-0.2, 0) is 4.74 Å². The number of phenolic OH excluding ortho intramolecular Hbond substituents is 1. The number of rotatable bonds is 5. The van der Waals surface area contributed by atoms with Gasteiger partial charge in [0.15, 0.2) is 0 Å². The van der Waals surface area contributed by atoms with Crippen LogP contribution in [0.2, 0.25) is 0 Å². The largest absolute Gasteiger partial charge is 0.508 e. The van der Waals surface area contributed by atoms with Crippen molar-refractivity contribution in [3.63, 3.8) is 0 Å². The molecular formula is C19H22N2O4. The van der Waals surface area contributed by atoms with Gasteiger partial charge in [-0.1, -0.05) is 18.2 Å². The topological polar surface area (TPSA) is 82.0 Å². The zero-order valence-corrected chi connectivity index (χ0v) is 13.9. The van der Waals surface area contributed by atoms with Crippen LogP contribution in [0.25, 0.3) is 0 Å². The predicted octanol–water partition coefficient (Wildman–Crippen LogP) is 1.69. The van der Waals surface area contributed by atoms with Crippen molar-refractivity contribution in [2.24, 2.45) is 0 Å². The van der Waals surface area contributed by atoms with Crippen molar-refractivity contribution in [2.45, 2.75) is 6.10 Å². The average molecular weight is 342 g/mol. The molecule has 1 atom stereocenters. The minimum Gasteiger partial charge on any atom is -0.508 e. The van der Waals surface area contributed by atoms with E-state index in [9.17, 15) is 15.0 Å². The molecule has 25 heavy (non-hydrogen) atoms. The van der Waals surface area contributed by atoms with E-state index in [2.05, 4.69) is 10.2 Å². The average Bonchev–Trinajstić information content (AvgIpc) is 2.66. The number of aliphatic hydroxyl groups excluding tert-OH is 1. The van der Waals surface area contributed by atoms with Gasteiger partial charge in [0.2, 0.25) is 0 Å². The summed E-state index contributed by atoms with van der Waals surface area (Å²) in [6.45, 7) is 3.28. The highest BCUT2D eigenvalue weighted by Gasteiger charge is 2.14. The van der Waals surface area contributed by atoms with E-state index in [0.29, 0.717) is 5.56 Å². The fourth-order valence-electron chi connectivity index (χ4n) is 2.79. The number of amides is 1. The van der Waals surface area contributed by atoms with Gasteiger partial charge in [0.05, 0.1) is 19.3 Å². The van der Waals surface area contributed by atoms with Gasteiger partial charge in [-0.3, -0.25) is 4.79 Å². The van der Waals surface area contributed by atoms with Crippen LogP contribution in [0.1, 0.15) is 22.0 Å². The third-order valence-corrected chi connectivity index (χ3v) is 4.22. The molecule has 1 fully saturated rings. The lowest BCUT2D eigenvalue weighted by Crippen LogP contribution is -2.36. The SMILES string of the molecule is O=C(NCC(O)c1ccc(N2CCOCC2)cc1)c1cccc(O)c1. The lowest BCUT2D eigenvalue weighted by Gasteiger charge is -2.29. The minimum atomic E-state index is -0.792. The van der Waals surface area contributed by atoms with Gasteiger partial charge >= 0.3 is 0 Å². The van der Waals surface area contributed by atoms with Crippen molar-refractivity contribution in [3.8, 4) is 5.75 Å². The van der Waals surface area contributed by atoms with E-state index in [4.69, 9.17) is 4.74 Å². The summed E-state index contributed by atoms with van der Waals surface area (Å²) in [5.74, 6) is -0.299. The molecule has 1 amide bonds. The van der Waals surface area contributed by atoms with Gasteiger partial charge in [-0.2, -0.15) is 0 Å². The lowest BCUT2D eigenvalue weighted by atomic mass is 10.1. The van der Waals surface area contributed by atoms with E-state index in [0.717, 1.165) is 37.6 Å². The number of benzene rings is 2. The van der Waals surface area contributed by atoms with E-state index in [1.54, 1.807) is 12.1 Å². The Bertz CT molecular complexity index is 712. The molecule has 3 rings (SSSR count). The summed E-state index contributed by atoms with van der Waals surface area (Å²) in [4.78, 5) is 14.3. The number of ether oxygens (including phenoxy) is 1. The molecule has 1 aliphatic heterocycles. The molecule has 0 spiro atoms. The van der Waals surface area contributed by atoms with Gasteiger partial charge < -0.3 is 25.2 Å². The third kappa shape index (κ3) is 4.49. The summed E-state index contributed by atoms with van der Waals surface area (Å²) in [5, 5.41) is 22.4. The molecule has 0 bridgehead atoms. The second kappa shape index (κ2) is 8.00. The van der Waals surface area contributed by atoms with Crippen LogP contribution >= 0.6 is 0 Å². The van der Waals surface area contributed by atoms with Gasteiger partial charge in [-0.25, -0.2) is 0 Å². The standard InChI is InChI=1S/C19H22N2O4/c22-17-3-1-2-15(12-17)19(24)20-13-18(23)14-4-6-16(7-5-14)21-8-10-25-11-9-21/h1-7,12,18,22-23H,8-11,13H2,(H,20,24). The predicted molar refractivity (Wildman–Crippen MR) is 94.9 cm³/mol. The van der Waals surface area contributed by atoms with Crippen LogP contribution in [0.15, 0.2) is 48.5 Å². The van der Waals surface area contributed by atoms with Crippen molar-refractivity contribution in [3.05, 3.63) is 59.7 Å². The van der Waals surface area contributed by atoms with Crippen molar-refractivity contribution < 1.29 is 19.7 Å². The summed E-state index contributed by atoms with van der Waals surface area (Å²) < 4.78 is 5.34. The van der Waals surface area contributed by atoms with Gasteiger partial charge in [-0.05, 0) is 35.9 Å². The zero-order valence-electron chi connectivity index (χ0n) is 13.9. The van der Waals surface area contributed by atoms with Crippen LogP contribution in [0.5, 0.6) is 5.75 Å². The number of hydrogen-bond acceptors (Lipinski definition) is 5. The van der Waals surface area contributed by atoms with E-state index in [-0.39, 0.29) is 18.2 Å². The number of carbonyl (C=O) groups excluding carboxylic acids is 1. The van der Waals surface area contributed by atoms with Gasteiger partial charge in [0, 0.05) is 30.9 Å². The maximum atomic E-state index is 12.0. The Kier molecular flexibility index (Phi) is 5.53. The Morgan fingerprint density at radius 2 is 1.88 bits per heavy atom. The van der Waals surface area contributed by atoms with Crippen molar-refractivity contribution in [2.75, 3.05) is 37.7 Å². The fraction of sp³-hybridized carbons (Fsp3) is 0.316. The first-order chi connectivity index (χ1) is 12.1. The third-order valence-electron chi connectivity index (χ3n) is 4.22. The van der Waals surface area contributed by atoms with Crippen molar-refractivity contribution in [1.82, 2.24) is 5.32 Å². The number of nitrogens with one attached hydrogen (secondary N) is 1. The molecule has 0 aromatic heterocycles. The van der Waals surface area contributed by atoms with Gasteiger partial charge in [0.25, 0.3) is 5.91 Å². The van der Waals surface area contributed by atoms with Crippen molar-refractivity contribution >= 4 is 11.6 Å². The number of phenols is 1. The molecule has 1 unspecified atom stereocenters. The number of aliphatic hydroxyl groups is 1. The number of hydrogen-bond donors (Lipinski definition) is 3. The number of aromatic hydroxyl groups is 1. The molecule has 2 aromatic rings. The Morgan fingerprint density at radius 3 is 2.56 bits per heavy atom. The van der Waals surface area contributed by atoms with Crippen LogP contribution in [0.3, 0.4) is 0 Å². The molecule has 0 saturated carbocycles. The lowest BCUT2D eigenvalue weighted by molar-refractivity contribution is 0.0916. The van der Waals surface area contributed by atoms with Crippen LogP contribution < -0.4 is 10.2 Å². The highest BCUT2D eigenvalue weighted by molar-refractivity contribution is 5.94. The molecule has 1 aliphatic rings. The summed E-state index contributed by atoms with van der Waals surface area (Å²) >= 11 is 0. The van der Waals surface area contributed by atoms with E-state index < -0.39 is 6.10 Å². The Hall–Kier alpha value is -2.57. The quantitative estimate of drug-likeness (QED) is 0.770. The first-order valence-corrected chi connectivity index (χ1v) is 8.31. The smallest absolute Gasteiger partial charge is 0.251 e. The number of anilines is 1. The summed E-state index contributed by atoms with van der Waals surface area (Å²) in [6.07, 6.45) is -0.792. The molecule has 6 nitrogen and oxygen atoms in total. The minimum absolute atomic E-state index is 0.0342. The Labute approximate surface area is 146 Å². The zero-order chi connectivity index (χ0) is 17.6. The monoisotopic (exact) mass is 342 g/mol. The first kappa shape index (κ1) is 17.3. The van der Waals surface area contributed by atoms with Crippen LogP contribution in [-0.4, -0.2) is 49.0 Å². The molecule has 132 valence electrons. The molecular weight excluding hydrogens is 320 g/mol. The summed E-state index contributed by atoms with van der Waals surface area (Å²) in [7, 11) is 0. The molecule has 3 N–H and O–H groups in total. The van der Waals surface area contributed by atoms with E-state index in [1.807, 2.05) is 24.3 Å². The molecule has 6 heteroatoms. The number of morpholine rings is 1. The Morgan fingerprint density at radius 1 is 1.16 bits per heavy atom. The molecule has 0 radical (unpaired) electrons. The second-order valence-electron chi connectivity index (χ2n) is 5.97.